The van der Waals surface area contributed by atoms with Crippen molar-refractivity contribution in [3.63, 3.8) is 0 Å². The second-order valence-corrected chi connectivity index (χ2v) is 5.96. The fourth-order valence-corrected chi connectivity index (χ4v) is 2.79. The summed E-state index contributed by atoms with van der Waals surface area (Å²) in [6.45, 7) is -0.349. The zero-order chi connectivity index (χ0) is 15.2. The van der Waals surface area contributed by atoms with Gasteiger partial charge in [-0.1, -0.05) is 19.3 Å². The lowest BCUT2D eigenvalue weighted by molar-refractivity contribution is -0.125. The van der Waals surface area contributed by atoms with Gasteiger partial charge in [0, 0.05) is 10.5 Å². The second kappa shape index (κ2) is 7.54. The molecular weight excluding hydrogens is 341 g/mol. The quantitative estimate of drug-likeness (QED) is 0.841. The van der Waals surface area contributed by atoms with E-state index in [1.165, 1.54) is 18.6 Å². The van der Waals surface area contributed by atoms with Gasteiger partial charge in [-0.2, -0.15) is 0 Å². The normalized spacial score (nSPS) is 15.5. The van der Waals surface area contributed by atoms with E-state index in [4.69, 9.17) is 4.74 Å². The molecule has 0 saturated heterocycles. The van der Waals surface area contributed by atoms with Crippen LogP contribution in [0.1, 0.15) is 42.5 Å². The van der Waals surface area contributed by atoms with Crippen LogP contribution in [0.4, 0.5) is 4.39 Å². The molecule has 1 fully saturated rings. The van der Waals surface area contributed by atoms with Crippen molar-refractivity contribution in [1.82, 2.24) is 5.32 Å². The average Bonchev–Trinajstić information content (AvgIpc) is 2.48. The van der Waals surface area contributed by atoms with Crippen LogP contribution < -0.4 is 5.32 Å². The first-order chi connectivity index (χ1) is 10.1. The molecule has 21 heavy (non-hydrogen) atoms. The summed E-state index contributed by atoms with van der Waals surface area (Å²) in [6, 6.07) is 3.90. The van der Waals surface area contributed by atoms with Crippen LogP contribution in [-0.4, -0.2) is 24.5 Å². The van der Waals surface area contributed by atoms with Crippen LogP contribution >= 0.6 is 15.9 Å². The molecule has 0 bridgehead atoms. The van der Waals surface area contributed by atoms with Gasteiger partial charge in [-0.15, -0.1) is 0 Å². The minimum absolute atomic E-state index is 0.0699. The van der Waals surface area contributed by atoms with Gasteiger partial charge in [-0.25, -0.2) is 9.18 Å². The molecule has 0 heterocycles. The lowest BCUT2D eigenvalue weighted by atomic mass is 9.95. The first-order valence-electron chi connectivity index (χ1n) is 6.98. The van der Waals surface area contributed by atoms with Crippen LogP contribution in [0.2, 0.25) is 0 Å². The van der Waals surface area contributed by atoms with Crippen LogP contribution in [0, 0.1) is 5.82 Å². The Morgan fingerprint density at radius 3 is 2.71 bits per heavy atom. The van der Waals surface area contributed by atoms with Gasteiger partial charge in [0.1, 0.15) is 5.82 Å². The van der Waals surface area contributed by atoms with Crippen molar-refractivity contribution in [2.24, 2.45) is 0 Å². The van der Waals surface area contributed by atoms with Crippen molar-refractivity contribution in [3.05, 3.63) is 34.1 Å². The predicted octanol–water partition coefficient (Wildman–Crippen LogP) is 3.19. The maximum absolute atomic E-state index is 13.1. The third-order valence-corrected chi connectivity index (χ3v) is 4.14. The van der Waals surface area contributed by atoms with Gasteiger partial charge in [-0.3, -0.25) is 4.79 Å². The van der Waals surface area contributed by atoms with Crippen molar-refractivity contribution >= 4 is 27.8 Å². The number of amides is 1. The molecule has 4 nitrogen and oxygen atoms in total. The highest BCUT2D eigenvalue weighted by Gasteiger charge is 2.18. The lowest BCUT2D eigenvalue weighted by Crippen LogP contribution is -2.38. The van der Waals surface area contributed by atoms with Crippen LogP contribution in [-0.2, 0) is 9.53 Å². The monoisotopic (exact) mass is 357 g/mol. The molecule has 114 valence electrons. The Hall–Kier alpha value is -1.43. The first kappa shape index (κ1) is 15.9. The summed E-state index contributed by atoms with van der Waals surface area (Å²) >= 11 is 3.15. The largest absolute Gasteiger partial charge is 0.452 e. The van der Waals surface area contributed by atoms with Crippen molar-refractivity contribution in [1.29, 1.82) is 0 Å². The molecular formula is C15H17BrFNO3. The molecule has 1 N–H and O–H groups in total. The molecule has 1 aromatic carbocycles. The molecule has 1 saturated carbocycles. The van der Waals surface area contributed by atoms with E-state index in [0.717, 1.165) is 31.7 Å². The van der Waals surface area contributed by atoms with Gasteiger partial charge in [0.15, 0.2) is 6.61 Å². The number of carbonyl (C=O) groups excluding carboxylic acids is 2. The predicted molar refractivity (Wildman–Crippen MR) is 79.4 cm³/mol. The first-order valence-corrected chi connectivity index (χ1v) is 7.77. The summed E-state index contributed by atoms with van der Waals surface area (Å²) in [5.74, 6) is -1.57. The highest BCUT2D eigenvalue weighted by molar-refractivity contribution is 9.10. The van der Waals surface area contributed by atoms with Crippen molar-refractivity contribution in [3.8, 4) is 0 Å². The molecule has 6 heteroatoms. The highest BCUT2D eigenvalue weighted by Crippen LogP contribution is 2.19. The smallest absolute Gasteiger partial charge is 0.339 e. The number of ether oxygens (including phenoxy) is 1. The number of rotatable bonds is 4. The Balaban J connectivity index is 1.82. The number of hydrogen-bond acceptors (Lipinski definition) is 3. The maximum Gasteiger partial charge on any atom is 0.339 e. The summed E-state index contributed by atoms with van der Waals surface area (Å²) in [5.41, 5.74) is 0.0699. The van der Waals surface area contributed by atoms with Gasteiger partial charge in [0.25, 0.3) is 5.91 Å². The Kier molecular flexibility index (Phi) is 5.73. The molecule has 0 atom stereocenters. The van der Waals surface area contributed by atoms with E-state index >= 15 is 0 Å². The Bertz CT molecular complexity index is 530. The van der Waals surface area contributed by atoms with Crippen LogP contribution in [0.15, 0.2) is 22.7 Å². The Morgan fingerprint density at radius 1 is 1.29 bits per heavy atom. The van der Waals surface area contributed by atoms with Gasteiger partial charge >= 0.3 is 5.97 Å². The highest BCUT2D eigenvalue weighted by atomic mass is 79.9. The zero-order valence-electron chi connectivity index (χ0n) is 11.5. The summed E-state index contributed by atoms with van der Waals surface area (Å²) in [6.07, 6.45) is 5.36. The van der Waals surface area contributed by atoms with E-state index in [2.05, 4.69) is 21.2 Å². The molecule has 0 spiro atoms. The van der Waals surface area contributed by atoms with Gasteiger partial charge in [0.2, 0.25) is 0 Å². The van der Waals surface area contributed by atoms with Gasteiger partial charge in [0.05, 0.1) is 5.56 Å². The van der Waals surface area contributed by atoms with Crippen LogP contribution in [0.25, 0.3) is 0 Å². The van der Waals surface area contributed by atoms with Crippen LogP contribution in [0.5, 0.6) is 0 Å². The van der Waals surface area contributed by atoms with Crippen molar-refractivity contribution in [2.45, 2.75) is 38.1 Å². The molecule has 0 aromatic heterocycles. The van der Waals surface area contributed by atoms with E-state index in [1.54, 1.807) is 0 Å². The number of nitrogens with one attached hydrogen (secondary N) is 1. The molecule has 2 rings (SSSR count). The topological polar surface area (TPSA) is 55.4 Å². The third kappa shape index (κ3) is 4.81. The number of hydrogen-bond donors (Lipinski definition) is 1. The van der Waals surface area contributed by atoms with E-state index < -0.39 is 11.8 Å². The minimum Gasteiger partial charge on any atom is -0.452 e. The standard InChI is InChI=1S/C15H17BrFNO3/c16-13-7-6-10(17)8-12(13)15(20)21-9-14(19)18-11-4-2-1-3-5-11/h6-8,11H,1-5,9H2,(H,18,19). The fraction of sp³-hybridized carbons (Fsp3) is 0.467. The summed E-state index contributed by atoms with van der Waals surface area (Å²) in [7, 11) is 0. The molecule has 1 aromatic rings. The van der Waals surface area contributed by atoms with Crippen LogP contribution in [0.3, 0.4) is 0 Å². The molecule has 1 aliphatic carbocycles. The fourth-order valence-electron chi connectivity index (χ4n) is 2.38. The molecule has 0 aliphatic heterocycles. The average molecular weight is 358 g/mol. The number of halogens is 2. The van der Waals surface area contributed by atoms with E-state index in [0.29, 0.717) is 4.47 Å². The molecule has 1 amide bonds. The third-order valence-electron chi connectivity index (χ3n) is 3.45. The van der Waals surface area contributed by atoms with Crippen molar-refractivity contribution in [2.75, 3.05) is 6.61 Å². The number of carbonyl (C=O) groups is 2. The van der Waals surface area contributed by atoms with Gasteiger partial charge < -0.3 is 10.1 Å². The summed E-state index contributed by atoms with van der Waals surface area (Å²) in [4.78, 5) is 23.5. The van der Waals surface area contributed by atoms with E-state index in [-0.39, 0.29) is 24.1 Å². The number of benzene rings is 1. The molecule has 1 aliphatic rings. The maximum atomic E-state index is 13.1. The zero-order valence-corrected chi connectivity index (χ0v) is 13.1. The minimum atomic E-state index is -0.722. The Morgan fingerprint density at radius 2 is 2.00 bits per heavy atom. The summed E-state index contributed by atoms with van der Waals surface area (Å²) in [5, 5.41) is 2.85. The van der Waals surface area contributed by atoms with Crippen molar-refractivity contribution < 1.29 is 18.7 Å². The molecule has 0 unspecified atom stereocenters. The lowest BCUT2D eigenvalue weighted by Gasteiger charge is -2.22. The van der Waals surface area contributed by atoms with E-state index in [1.807, 2.05) is 0 Å². The number of esters is 1. The summed E-state index contributed by atoms with van der Waals surface area (Å²) < 4.78 is 18.5. The van der Waals surface area contributed by atoms with E-state index in [9.17, 15) is 14.0 Å². The Labute approximate surface area is 131 Å². The molecule has 0 radical (unpaired) electrons. The van der Waals surface area contributed by atoms with Gasteiger partial charge in [-0.05, 0) is 47.0 Å². The second-order valence-electron chi connectivity index (χ2n) is 5.10. The SMILES string of the molecule is O=C(COC(=O)c1cc(F)ccc1Br)NC1CCCCC1.